The number of nitriles is 1. The highest BCUT2D eigenvalue weighted by Crippen LogP contribution is 2.42. The molecule has 1 aromatic heterocycles. The van der Waals surface area contributed by atoms with Crippen LogP contribution in [0, 0.1) is 17.2 Å². The van der Waals surface area contributed by atoms with Crippen LogP contribution in [0.1, 0.15) is 18.6 Å². The number of anilines is 1. The number of amides is 2. The minimum Gasteiger partial charge on any atom is -0.469 e. The zero-order valence-corrected chi connectivity index (χ0v) is 15.9. The first-order valence-corrected chi connectivity index (χ1v) is 9.49. The quantitative estimate of drug-likeness (QED) is 0.780. The first kappa shape index (κ1) is 19.5. The topological polar surface area (TPSA) is 121 Å². The summed E-state index contributed by atoms with van der Waals surface area (Å²) in [6.07, 6.45) is 1.49. The van der Waals surface area contributed by atoms with Gasteiger partial charge in [-0.25, -0.2) is 4.99 Å². The van der Waals surface area contributed by atoms with Crippen LogP contribution in [-0.4, -0.2) is 23.3 Å². The van der Waals surface area contributed by atoms with E-state index in [1.54, 1.807) is 31.2 Å². The number of furan rings is 1. The molecular formula is C20H18N4O3S. The van der Waals surface area contributed by atoms with Crippen molar-refractivity contribution in [2.45, 2.75) is 12.8 Å². The second-order valence-corrected chi connectivity index (χ2v) is 7.13. The van der Waals surface area contributed by atoms with Gasteiger partial charge < -0.3 is 15.5 Å². The van der Waals surface area contributed by atoms with Crippen molar-refractivity contribution >= 4 is 35.0 Å². The number of rotatable bonds is 6. The Bertz CT molecular complexity index is 975. The van der Waals surface area contributed by atoms with E-state index in [1.165, 1.54) is 6.26 Å². The van der Waals surface area contributed by atoms with Crippen LogP contribution >= 0.6 is 11.8 Å². The first-order valence-electron chi connectivity index (χ1n) is 8.51. The maximum atomic E-state index is 13.1. The molecule has 2 heterocycles. The van der Waals surface area contributed by atoms with Crippen molar-refractivity contribution in [2.24, 2.45) is 16.6 Å². The third-order valence-electron chi connectivity index (χ3n) is 4.25. The molecule has 3 N–H and O–H groups in total. The molecule has 28 heavy (non-hydrogen) atoms. The van der Waals surface area contributed by atoms with Gasteiger partial charge in [0.05, 0.1) is 35.5 Å². The molecular weight excluding hydrogens is 376 g/mol. The van der Waals surface area contributed by atoms with Gasteiger partial charge in [0.2, 0.25) is 11.8 Å². The Balaban J connectivity index is 2.00. The summed E-state index contributed by atoms with van der Waals surface area (Å²) in [6, 6.07) is 14.6. The highest BCUT2D eigenvalue weighted by atomic mass is 32.2. The van der Waals surface area contributed by atoms with E-state index in [2.05, 4.69) is 16.4 Å². The molecule has 0 saturated heterocycles. The number of para-hydroxylation sites is 1. The second kappa shape index (κ2) is 8.59. The van der Waals surface area contributed by atoms with Gasteiger partial charge in [0.25, 0.3) is 0 Å². The molecule has 8 heteroatoms. The molecule has 3 rings (SSSR count). The van der Waals surface area contributed by atoms with Crippen molar-refractivity contribution < 1.29 is 14.0 Å². The summed E-state index contributed by atoms with van der Waals surface area (Å²) in [5, 5.41) is 13.0. The predicted octanol–water partition coefficient (Wildman–Crippen LogP) is 3.05. The van der Waals surface area contributed by atoms with Crippen molar-refractivity contribution in [3.05, 3.63) is 65.1 Å². The molecule has 7 nitrogen and oxygen atoms in total. The fourth-order valence-corrected chi connectivity index (χ4v) is 3.87. The van der Waals surface area contributed by atoms with Gasteiger partial charge in [0.15, 0.2) is 0 Å². The molecule has 0 bridgehead atoms. The summed E-state index contributed by atoms with van der Waals surface area (Å²) in [5.41, 5.74) is 6.68. The monoisotopic (exact) mass is 394 g/mol. The molecule has 0 saturated carbocycles. The number of carbonyl (C=O) groups is 2. The minimum absolute atomic E-state index is 0.0109. The summed E-state index contributed by atoms with van der Waals surface area (Å²) in [6.45, 7) is 1.73. The van der Waals surface area contributed by atoms with E-state index in [1.807, 2.05) is 18.2 Å². The number of aliphatic imine (C=N–C) groups is 1. The van der Waals surface area contributed by atoms with Crippen LogP contribution in [0.2, 0.25) is 0 Å². The van der Waals surface area contributed by atoms with E-state index >= 15 is 0 Å². The van der Waals surface area contributed by atoms with Crippen LogP contribution in [0.25, 0.3) is 0 Å². The molecule has 142 valence electrons. The molecule has 1 aliphatic heterocycles. The molecule has 1 aromatic carbocycles. The van der Waals surface area contributed by atoms with Crippen molar-refractivity contribution in [3.63, 3.8) is 0 Å². The Morgan fingerprint density at radius 3 is 2.64 bits per heavy atom. The Morgan fingerprint density at radius 2 is 2.04 bits per heavy atom. The second-order valence-electron chi connectivity index (χ2n) is 6.16. The smallest absolute Gasteiger partial charge is 0.234 e. The van der Waals surface area contributed by atoms with Gasteiger partial charge in [-0.2, -0.15) is 5.26 Å². The maximum Gasteiger partial charge on any atom is 0.234 e. The highest BCUT2D eigenvalue weighted by Gasteiger charge is 2.41. The lowest BCUT2D eigenvalue weighted by Gasteiger charge is -2.29. The summed E-state index contributed by atoms with van der Waals surface area (Å²) in [7, 11) is 0. The lowest BCUT2D eigenvalue weighted by atomic mass is 9.79. The van der Waals surface area contributed by atoms with Crippen LogP contribution in [0.3, 0.4) is 0 Å². The van der Waals surface area contributed by atoms with E-state index in [-0.39, 0.29) is 17.2 Å². The third kappa shape index (κ3) is 4.15. The molecule has 2 aromatic rings. The maximum absolute atomic E-state index is 13.1. The van der Waals surface area contributed by atoms with Crippen molar-refractivity contribution in [3.8, 4) is 6.07 Å². The zero-order valence-electron chi connectivity index (χ0n) is 15.1. The predicted molar refractivity (Wildman–Crippen MR) is 107 cm³/mol. The van der Waals surface area contributed by atoms with Gasteiger partial charge in [-0.15, -0.1) is 0 Å². The van der Waals surface area contributed by atoms with Gasteiger partial charge in [-0.3, -0.25) is 9.59 Å². The molecule has 0 aliphatic carbocycles. The fourth-order valence-electron chi connectivity index (χ4n) is 3.06. The number of nitrogens with zero attached hydrogens (tertiary/aromatic N) is 2. The molecule has 0 spiro atoms. The van der Waals surface area contributed by atoms with Crippen molar-refractivity contribution in [2.75, 3.05) is 11.1 Å². The number of carbonyl (C=O) groups excluding carboxylic acids is 2. The van der Waals surface area contributed by atoms with Crippen LogP contribution in [-0.2, 0) is 9.59 Å². The molecule has 2 amide bonds. The number of primary amides is 1. The number of nitrogens with one attached hydrogen (secondary N) is 1. The van der Waals surface area contributed by atoms with Gasteiger partial charge in [0.1, 0.15) is 10.8 Å². The van der Waals surface area contributed by atoms with Gasteiger partial charge in [-0.05, 0) is 31.2 Å². The summed E-state index contributed by atoms with van der Waals surface area (Å²) in [4.78, 5) is 28.7. The number of hydrogen-bond acceptors (Lipinski definition) is 6. The van der Waals surface area contributed by atoms with E-state index in [9.17, 15) is 14.9 Å². The summed E-state index contributed by atoms with van der Waals surface area (Å²) < 4.78 is 5.54. The van der Waals surface area contributed by atoms with Crippen molar-refractivity contribution in [1.82, 2.24) is 0 Å². The molecule has 1 unspecified atom stereocenters. The Labute approximate surface area is 166 Å². The number of benzene rings is 1. The fraction of sp³-hybridized carbons (Fsp3) is 0.200. The van der Waals surface area contributed by atoms with Gasteiger partial charge in [-0.1, -0.05) is 30.0 Å². The lowest BCUT2D eigenvalue weighted by Crippen LogP contribution is -2.36. The van der Waals surface area contributed by atoms with E-state index in [4.69, 9.17) is 10.2 Å². The van der Waals surface area contributed by atoms with E-state index < -0.39 is 17.7 Å². The van der Waals surface area contributed by atoms with E-state index in [0.29, 0.717) is 22.2 Å². The average Bonchev–Trinajstić information content (AvgIpc) is 3.20. The van der Waals surface area contributed by atoms with Crippen LogP contribution in [0.4, 0.5) is 5.69 Å². The largest absolute Gasteiger partial charge is 0.469 e. The van der Waals surface area contributed by atoms with Crippen LogP contribution < -0.4 is 11.1 Å². The molecule has 0 radical (unpaired) electrons. The number of nitrogens with two attached hydrogens (primary N) is 1. The highest BCUT2D eigenvalue weighted by molar-refractivity contribution is 8.03. The average molecular weight is 394 g/mol. The summed E-state index contributed by atoms with van der Waals surface area (Å²) >= 11 is 1.08. The standard InChI is InChI=1S/C20H18N4O3S/c1-12-17(19(26)24-13-6-3-2-4-7-13)18(15-8-5-9-27-15)14(10-21)20(23-12)28-11-16(22)25/h2-9,17-18H,11H2,1H3,(H2,22,25)(H,24,26)/t17?,18-/m1/s1. The molecule has 0 fully saturated rings. The van der Waals surface area contributed by atoms with Crippen LogP contribution in [0.15, 0.2) is 68.7 Å². The lowest BCUT2D eigenvalue weighted by molar-refractivity contribution is -0.118. The van der Waals surface area contributed by atoms with Crippen LogP contribution in [0.5, 0.6) is 0 Å². The zero-order chi connectivity index (χ0) is 20.1. The molecule has 1 aliphatic rings. The first-order chi connectivity index (χ1) is 13.5. The van der Waals surface area contributed by atoms with Gasteiger partial charge in [0, 0.05) is 11.4 Å². The van der Waals surface area contributed by atoms with Gasteiger partial charge >= 0.3 is 0 Å². The Hall–Kier alpha value is -3.31. The molecule has 2 atom stereocenters. The Morgan fingerprint density at radius 1 is 1.29 bits per heavy atom. The minimum atomic E-state index is -0.723. The summed E-state index contributed by atoms with van der Waals surface area (Å²) in [5.74, 6) is -1.70. The Kier molecular flexibility index (Phi) is 5.96. The van der Waals surface area contributed by atoms with Crippen molar-refractivity contribution in [1.29, 1.82) is 5.26 Å². The van der Waals surface area contributed by atoms with E-state index in [0.717, 1.165) is 11.8 Å². The SMILES string of the molecule is CC1=NC(SCC(N)=O)=C(C#N)[C@H](c2ccco2)C1C(=O)Nc1ccccc1. The number of thioether (sulfide) groups is 1. The normalized spacial score (nSPS) is 18.9. The number of allylic oxidation sites excluding steroid dienone is 1. The third-order valence-corrected chi connectivity index (χ3v) is 5.26. The number of hydrogen-bond donors (Lipinski definition) is 2.